The lowest BCUT2D eigenvalue weighted by Gasteiger charge is -2.32. The van der Waals surface area contributed by atoms with Crippen molar-refractivity contribution in [1.82, 2.24) is 10.2 Å². The SMILES string of the molecule is CCNCc1oc(CN2CCC(C(F)(F)F)CC2)cc1C. The fourth-order valence-electron chi connectivity index (χ4n) is 2.72. The van der Waals surface area contributed by atoms with Crippen molar-refractivity contribution in [3.8, 4) is 0 Å². The van der Waals surface area contributed by atoms with Crippen LogP contribution in [0.25, 0.3) is 0 Å². The van der Waals surface area contributed by atoms with Gasteiger partial charge in [-0.2, -0.15) is 13.2 Å². The van der Waals surface area contributed by atoms with Crippen LogP contribution >= 0.6 is 0 Å². The van der Waals surface area contributed by atoms with Crippen molar-refractivity contribution in [3.05, 3.63) is 23.2 Å². The van der Waals surface area contributed by atoms with Crippen LogP contribution in [0.3, 0.4) is 0 Å². The molecule has 0 aromatic carbocycles. The molecule has 0 saturated carbocycles. The average Bonchev–Trinajstić information content (AvgIpc) is 2.76. The Morgan fingerprint density at radius 2 is 2.00 bits per heavy atom. The summed E-state index contributed by atoms with van der Waals surface area (Å²) in [6.07, 6.45) is -3.67. The van der Waals surface area contributed by atoms with Gasteiger partial charge in [0.2, 0.25) is 0 Å². The maximum atomic E-state index is 12.6. The van der Waals surface area contributed by atoms with Gasteiger partial charge in [0.25, 0.3) is 0 Å². The summed E-state index contributed by atoms with van der Waals surface area (Å²) in [6, 6.07) is 1.99. The number of hydrogen-bond acceptors (Lipinski definition) is 3. The first kappa shape index (κ1) is 16.4. The smallest absolute Gasteiger partial charge is 0.391 e. The summed E-state index contributed by atoms with van der Waals surface area (Å²) in [6.45, 7) is 7.15. The van der Waals surface area contributed by atoms with Crippen molar-refractivity contribution >= 4 is 0 Å². The van der Waals surface area contributed by atoms with Gasteiger partial charge in [-0.25, -0.2) is 0 Å². The molecule has 0 aliphatic carbocycles. The van der Waals surface area contributed by atoms with E-state index in [2.05, 4.69) is 5.32 Å². The predicted molar refractivity (Wildman–Crippen MR) is 74.9 cm³/mol. The van der Waals surface area contributed by atoms with E-state index in [1.54, 1.807) is 0 Å². The van der Waals surface area contributed by atoms with Gasteiger partial charge >= 0.3 is 6.18 Å². The zero-order valence-corrected chi connectivity index (χ0v) is 12.6. The fourth-order valence-corrected chi connectivity index (χ4v) is 2.72. The normalized spacial score (nSPS) is 18.3. The number of aryl methyl sites for hydroxylation is 1. The van der Waals surface area contributed by atoms with E-state index in [0.717, 1.165) is 23.6 Å². The van der Waals surface area contributed by atoms with E-state index >= 15 is 0 Å². The Kier molecular flexibility index (Phi) is 5.32. The number of likely N-dealkylation sites (tertiary alicyclic amines) is 1. The van der Waals surface area contributed by atoms with E-state index < -0.39 is 12.1 Å². The highest BCUT2D eigenvalue weighted by atomic mass is 19.4. The number of nitrogens with zero attached hydrogens (tertiary/aromatic N) is 1. The Labute approximate surface area is 123 Å². The van der Waals surface area contributed by atoms with E-state index in [9.17, 15) is 13.2 Å². The number of rotatable bonds is 5. The Balaban J connectivity index is 1.86. The standard InChI is InChI=1S/C15H23F3N2O/c1-3-19-9-14-11(2)8-13(21-14)10-20-6-4-12(5-7-20)15(16,17)18/h8,12,19H,3-7,9-10H2,1-2H3. The van der Waals surface area contributed by atoms with Gasteiger partial charge in [0.1, 0.15) is 11.5 Å². The third-order valence-corrected chi connectivity index (χ3v) is 4.04. The molecule has 0 bridgehead atoms. The second-order valence-corrected chi connectivity index (χ2v) is 5.69. The molecule has 1 saturated heterocycles. The first-order valence-electron chi connectivity index (χ1n) is 7.48. The minimum absolute atomic E-state index is 0.188. The van der Waals surface area contributed by atoms with Crippen LogP contribution in [0.2, 0.25) is 0 Å². The molecule has 0 spiro atoms. The van der Waals surface area contributed by atoms with Crippen LogP contribution in [0.5, 0.6) is 0 Å². The van der Waals surface area contributed by atoms with Crippen molar-refractivity contribution in [2.75, 3.05) is 19.6 Å². The Morgan fingerprint density at radius 3 is 2.57 bits per heavy atom. The van der Waals surface area contributed by atoms with Crippen LogP contribution in [0.15, 0.2) is 10.5 Å². The molecule has 1 aromatic rings. The highest BCUT2D eigenvalue weighted by molar-refractivity contribution is 5.20. The predicted octanol–water partition coefficient (Wildman–Crippen LogP) is 3.47. The Bertz CT molecular complexity index is 448. The number of alkyl halides is 3. The van der Waals surface area contributed by atoms with E-state index in [-0.39, 0.29) is 12.8 Å². The Hall–Kier alpha value is -1.01. The molecule has 21 heavy (non-hydrogen) atoms. The zero-order valence-electron chi connectivity index (χ0n) is 12.6. The van der Waals surface area contributed by atoms with Gasteiger partial charge in [-0.05, 0) is 51.0 Å². The average molecular weight is 304 g/mol. The molecular weight excluding hydrogens is 281 g/mol. The van der Waals surface area contributed by atoms with Crippen molar-refractivity contribution in [1.29, 1.82) is 0 Å². The number of hydrogen-bond donors (Lipinski definition) is 1. The third-order valence-electron chi connectivity index (χ3n) is 4.04. The van der Waals surface area contributed by atoms with Crippen LogP contribution in [0.1, 0.15) is 36.8 Å². The van der Waals surface area contributed by atoms with Crippen LogP contribution in [0, 0.1) is 12.8 Å². The van der Waals surface area contributed by atoms with Gasteiger partial charge in [0.05, 0.1) is 19.0 Å². The summed E-state index contributed by atoms with van der Waals surface area (Å²) in [4.78, 5) is 2.04. The van der Waals surface area contributed by atoms with Crippen molar-refractivity contribution in [3.63, 3.8) is 0 Å². The van der Waals surface area contributed by atoms with Gasteiger partial charge < -0.3 is 9.73 Å². The third kappa shape index (κ3) is 4.48. The molecule has 1 aromatic heterocycles. The quantitative estimate of drug-likeness (QED) is 0.903. The number of nitrogens with one attached hydrogen (secondary N) is 1. The summed E-state index contributed by atoms with van der Waals surface area (Å²) in [5, 5.41) is 3.21. The van der Waals surface area contributed by atoms with Crippen LogP contribution < -0.4 is 5.32 Å². The molecule has 0 radical (unpaired) electrons. The van der Waals surface area contributed by atoms with Gasteiger partial charge in [-0.1, -0.05) is 6.92 Å². The minimum atomic E-state index is -4.05. The molecule has 3 nitrogen and oxygen atoms in total. The van der Waals surface area contributed by atoms with Gasteiger partial charge in [-0.15, -0.1) is 0 Å². The topological polar surface area (TPSA) is 28.4 Å². The van der Waals surface area contributed by atoms with E-state index in [1.807, 2.05) is 24.8 Å². The van der Waals surface area contributed by atoms with E-state index in [0.29, 0.717) is 26.2 Å². The summed E-state index contributed by atoms with van der Waals surface area (Å²) in [5.41, 5.74) is 1.09. The highest BCUT2D eigenvalue weighted by Crippen LogP contribution is 2.34. The lowest BCUT2D eigenvalue weighted by molar-refractivity contribution is -0.185. The second-order valence-electron chi connectivity index (χ2n) is 5.69. The van der Waals surface area contributed by atoms with Gasteiger partial charge in [-0.3, -0.25) is 4.90 Å². The first-order valence-corrected chi connectivity index (χ1v) is 7.48. The number of furan rings is 1. The molecule has 6 heteroatoms. The maximum Gasteiger partial charge on any atom is 0.391 e. The molecule has 1 fully saturated rings. The summed E-state index contributed by atoms with van der Waals surface area (Å²) in [7, 11) is 0. The van der Waals surface area contributed by atoms with Crippen molar-refractivity contribution in [2.45, 2.75) is 46.0 Å². The summed E-state index contributed by atoms with van der Waals surface area (Å²) >= 11 is 0. The molecule has 1 aliphatic heterocycles. The number of piperidine rings is 1. The van der Waals surface area contributed by atoms with E-state index in [4.69, 9.17) is 4.42 Å². The lowest BCUT2D eigenvalue weighted by Crippen LogP contribution is -2.38. The molecule has 0 atom stereocenters. The molecule has 0 amide bonds. The fraction of sp³-hybridized carbons (Fsp3) is 0.733. The largest absolute Gasteiger partial charge is 0.463 e. The lowest BCUT2D eigenvalue weighted by atomic mass is 9.96. The maximum absolute atomic E-state index is 12.6. The molecule has 1 N–H and O–H groups in total. The van der Waals surface area contributed by atoms with Crippen LogP contribution in [-0.4, -0.2) is 30.7 Å². The molecular formula is C15H23F3N2O. The van der Waals surface area contributed by atoms with E-state index in [1.165, 1.54) is 0 Å². The molecule has 2 heterocycles. The number of halogens is 3. The van der Waals surface area contributed by atoms with Gasteiger partial charge in [0, 0.05) is 0 Å². The zero-order chi connectivity index (χ0) is 15.5. The van der Waals surface area contributed by atoms with Crippen LogP contribution in [-0.2, 0) is 13.1 Å². The molecule has 1 aliphatic rings. The first-order chi connectivity index (χ1) is 9.90. The minimum Gasteiger partial charge on any atom is -0.463 e. The summed E-state index contributed by atoms with van der Waals surface area (Å²) < 4.78 is 43.7. The monoisotopic (exact) mass is 304 g/mol. The van der Waals surface area contributed by atoms with Gasteiger partial charge in [0.15, 0.2) is 0 Å². The molecule has 0 unspecified atom stereocenters. The van der Waals surface area contributed by atoms with Crippen molar-refractivity contribution in [2.24, 2.45) is 5.92 Å². The Morgan fingerprint density at radius 1 is 1.33 bits per heavy atom. The summed E-state index contributed by atoms with van der Waals surface area (Å²) in [5.74, 6) is 0.610. The highest BCUT2D eigenvalue weighted by Gasteiger charge is 2.41. The molecule has 2 rings (SSSR count). The molecule has 120 valence electrons. The van der Waals surface area contributed by atoms with Crippen LogP contribution in [0.4, 0.5) is 13.2 Å². The second kappa shape index (κ2) is 6.83. The van der Waals surface area contributed by atoms with Crippen molar-refractivity contribution < 1.29 is 17.6 Å².